The highest BCUT2D eigenvalue weighted by Gasteiger charge is 2.36. The largest absolute Gasteiger partial charge is 0.461 e. The smallest absolute Gasteiger partial charge is 0.359 e. The van der Waals surface area contributed by atoms with E-state index in [1.54, 1.807) is 22.7 Å². The fraction of sp³-hybridized carbons (Fsp3) is 0.353. The van der Waals surface area contributed by atoms with Crippen LogP contribution in [0.1, 0.15) is 28.3 Å². The number of esters is 1. The summed E-state index contributed by atoms with van der Waals surface area (Å²) in [5, 5.41) is 13.3. The Labute approximate surface area is 149 Å². The Morgan fingerprint density at radius 2 is 2.16 bits per heavy atom. The van der Waals surface area contributed by atoms with Crippen LogP contribution >= 0.6 is 11.8 Å². The van der Waals surface area contributed by atoms with Crippen molar-refractivity contribution in [2.45, 2.75) is 12.3 Å². The maximum Gasteiger partial charge on any atom is 0.359 e. The Hall–Kier alpha value is -2.32. The number of β-amino-alcohol motifs (C(OH)–C–C–N with tert-alkyl or cyclic N) is 1. The number of aromatic nitrogens is 2. The number of aliphatic hydroxyl groups is 1. The minimum Gasteiger partial charge on any atom is -0.461 e. The second-order valence-corrected chi connectivity index (χ2v) is 6.48. The highest BCUT2D eigenvalue weighted by atomic mass is 32.2. The zero-order chi connectivity index (χ0) is 17.8. The molecule has 0 spiro atoms. The van der Waals surface area contributed by atoms with E-state index in [1.807, 2.05) is 30.3 Å². The molecule has 0 unspecified atom stereocenters. The van der Waals surface area contributed by atoms with Crippen LogP contribution in [0.3, 0.4) is 0 Å². The summed E-state index contributed by atoms with van der Waals surface area (Å²) in [5.74, 6) is -0.272. The predicted molar refractivity (Wildman–Crippen MR) is 93.5 cm³/mol. The molecule has 132 valence electrons. The number of hydrogen-bond donors (Lipinski definition) is 1. The van der Waals surface area contributed by atoms with Crippen molar-refractivity contribution < 1.29 is 19.4 Å². The molecule has 1 saturated heterocycles. The standard InChI is InChI=1S/C17H19N3O4S/c1-2-24-17(23)15-13(16-19(8-9-21)14(22)11-25-16)10-20(18-15)12-6-4-3-5-7-12/h3-7,10,16,21H,2,8-9,11H2,1H3/t16-/m0/s1. The van der Waals surface area contributed by atoms with E-state index in [0.29, 0.717) is 11.3 Å². The number of ether oxygens (including phenoxy) is 1. The summed E-state index contributed by atoms with van der Waals surface area (Å²) in [4.78, 5) is 26.0. The van der Waals surface area contributed by atoms with Gasteiger partial charge in [0, 0.05) is 18.3 Å². The summed E-state index contributed by atoms with van der Waals surface area (Å²) in [7, 11) is 0. The Balaban J connectivity index is 2.03. The van der Waals surface area contributed by atoms with Gasteiger partial charge in [0.2, 0.25) is 5.91 Å². The van der Waals surface area contributed by atoms with Gasteiger partial charge in [-0.25, -0.2) is 9.48 Å². The number of para-hydroxylation sites is 1. The summed E-state index contributed by atoms with van der Waals surface area (Å²) in [6.45, 7) is 2.06. The number of carbonyl (C=O) groups is 2. The third kappa shape index (κ3) is 3.54. The van der Waals surface area contributed by atoms with E-state index in [2.05, 4.69) is 5.10 Å². The molecular formula is C17H19N3O4S. The van der Waals surface area contributed by atoms with Gasteiger partial charge < -0.3 is 14.7 Å². The Bertz CT molecular complexity index is 763. The van der Waals surface area contributed by atoms with E-state index < -0.39 is 5.97 Å². The highest BCUT2D eigenvalue weighted by Crippen LogP contribution is 2.40. The molecule has 0 bridgehead atoms. The van der Waals surface area contributed by atoms with Crippen LogP contribution in [0.25, 0.3) is 5.69 Å². The van der Waals surface area contributed by atoms with Gasteiger partial charge in [-0.2, -0.15) is 5.10 Å². The van der Waals surface area contributed by atoms with Crippen molar-refractivity contribution in [2.75, 3.05) is 25.5 Å². The summed E-state index contributed by atoms with van der Waals surface area (Å²) < 4.78 is 6.74. The molecule has 1 atom stereocenters. The monoisotopic (exact) mass is 361 g/mol. The molecule has 25 heavy (non-hydrogen) atoms. The van der Waals surface area contributed by atoms with E-state index in [-0.39, 0.29) is 36.7 Å². The number of thioether (sulfide) groups is 1. The van der Waals surface area contributed by atoms with Gasteiger partial charge in [0.25, 0.3) is 0 Å². The lowest BCUT2D eigenvalue weighted by Gasteiger charge is -2.22. The number of benzene rings is 1. The molecule has 2 heterocycles. The lowest BCUT2D eigenvalue weighted by atomic mass is 10.2. The molecular weight excluding hydrogens is 342 g/mol. The second-order valence-electron chi connectivity index (χ2n) is 5.41. The second kappa shape index (κ2) is 7.71. The number of aliphatic hydroxyl groups excluding tert-OH is 1. The average Bonchev–Trinajstić information content (AvgIpc) is 3.21. The van der Waals surface area contributed by atoms with Gasteiger partial charge in [-0.05, 0) is 19.1 Å². The summed E-state index contributed by atoms with van der Waals surface area (Å²) >= 11 is 1.41. The molecule has 0 saturated carbocycles. The van der Waals surface area contributed by atoms with Crippen molar-refractivity contribution in [1.29, 1.82) is 0 Å². The van der Waals surface area contributed by atoms with Gasteiger partial charge in [0.05, 0.1) is 24.7 Å². The first kappa shape index (κ1) is 17.5. The van der Waals surface area contributed by atoms with Crippen LogP contribution in [-0.2, 0) is 9.53 Å². The zero-order valence-corrected chi connectivity index (χ0v) is 14.6. The maximum absolute atomic E-state index is 12.4. The van der Waals surface area contributed by atoms with Crippen LogP contribution in [-0.4, -0.2) is 57.2 Å². The van der Waals surface area contributed by atoms with Gasteiger partial charge in [0.1, 0.15) is 5.37 Å². The van der Waals surface area contributed by atoms with Gasteiger partial charge in [-0.1, -0.05) is 18.2 Å². The van der Waals surface area contributed by atoms with Crippen molar-refractivity contribution in [2.24, 2.45) is 0 Å². The minimum atomic E-state index is -0.518. The number of nitrogens with zero attached hydrogens (tertiary/aromatic N) is 3. The molecule has 1 aliphatic heterocycles. The molecule has 0 radical (unpaired) electrons. The highest BCUT2D eigenvalue weighted by molar-refractivity contribution is 8.00. The summed E-state index contributed by atoms with van der Waals surface area (Å²) in [6.07, 6.45) is 1.75. The van der Waals surface area contributed by atoms with E-state index >= 15 is 0 Å². The molecule has 1 aromatic carbocycles. The lowest BCUT2D eigenvalue weighted by molar-refractivity contribution is -0.128. The van der Waals surface area contributed by atoms with Crippen molar-refractivity contribution in [3.63, 3.8) is 0 Å². The average molecular weight is 361 g/mol. The van der Waals surface area contributed by atoms with E-state index in [0.717, 1.165) is 5.69 Å². The Morgan fingerprint density at radius 1 is 1.40 bits per heavy atom. The minimum absolute atomic E-state index is 0.0636. The summed E-state index contributed by atoms with van der Waals surface area (Å²) in [6, 6.07) is 9.42. The normalized spacial score (nSPS) is 17.1. The van der Waals surface area contributed by atoms with Gasteiger partial charge >= 0.3 is 5.97 Å². The quantitative estimate of drug-likeness (QED) is 0.787. The van der Waals surface area contributed by atoms with Crippen molar-refractivity contribution in [3.8, 4) is 5.69 Å². The molecule has 1 aromatic heterocycles. The van der Waals surface area contributed by atoms with E-state index in [4.69, 9.17) is 4.74 Å². The topological polar surface area (TPSA) is 84.7 Å². The first-order valence-electron chi connectivity index (χ1n) is 7.99. The van der Waals surface area contributed by atoms with E-state index in [1.165, 1.54) is 11.8 Å². The number of rotatable bonds is 6. The third-order valence-electron chi connectivity index (χ3n) is 3.81. The fourth-order valence-electron chi connectivity index (χ4n) is 2.70. The molecule has 1 aliphatic rings. The first-order chi connectivity index (χ1) is 12.2. The predicted octanol–water partition coefficient (Wildman–Crippen LogP) is 1.62. The van der Waals surface area contributed by atoms with Crippen LogP contribution in [0, 0.1) is 0 Å². The van der Waals surface area contributed by atoms with Crippen molar-refractivity contribution in [1.82, 2.24) is 14.7 Å². The van der Waals surface area contributed by atoms with Gasteiger partial charge in [-0.3, -0.25) is 4.79 Å². The molecule has 1 amide bonds. The van der Waals surface area contributed by atoms with Gasteiger partial charge in [0.15, 0.2) is 5.69 Å². The summed E-state index contributed by atoms with van der Waals surface area (Å²) in [5.41, 5.74) is 1.62. The lowest BCUT2D eigenvalue weighted by Crippen LogP contribution is -2.31. The SMILES string of the molecule is CCOC(=O)c1nn(-c2ccccc2)cc1[C@@H]1SCC(=O)N1CCO. The van der Waals surface area contributed by atoms with Gasteiger partial charge in [-0.15, -0.1) is 11.8 Å². The molecule has 7 nitrogen and oxygen atoms in total. The van der Waals surface area contributed by atoms with E-state index in [9.17, 15) is 14.7 Å². The molecule has 1 N–H and O–H groups in total. The Morgan fingerprint density at radius 3 is 2.84 bits per heavy atom. The van der Waals surface area contributed by atoms with Crippen LogP contribution in [0.4, 0.5) is 0 Å². The number of hydrogen-bond acceptors (Lipinski definition) is 6. The van der Waals surface area contributed by atoms with Crippen molar-refractivity contribution >= 4 is 23.6 Å². The Kier molecular flexibility index (Phi) is 5.40. The number of carbonyl (C=O) groups excluding carboxylic acids is 2. The maximum atomic E-state index is 12.4. The molecule has 1 fully saturated rings. The molecule has 3 rings (SSSR count). The first-order valence-corrected chi connectivity index (χ1v) is 9.04. The van der Waals surface area contributed by atoms with Crippen molar-refractivity contribution in [3.05, 3.63) is 47.8 Å². The molecule has 0 aliphatic carbocycles. The fourth-order valence-corrected chi connectivity index (χ4v) is 3.92. The van der Waals surface area contributed by atoms with Crippen LogP contribution < -0.4 is 0 Å². The van der Waals surface area contributed by atoms with Crippen LogP contribution in [0.15, 0.2) is 36.5 Å². The zero-order valence-electron chi connectivity index (χ0n) is 13.8. The molecule has 2 aromatic rings. The van der Waals surface area contributed by atoms with Crippen LogP contribution in [0.5, 0.6) is 0 Å². The third-order valence-corrected chi connectivity index (χ3v) is 5.04. The van der Waals surface area contributed by atoms with Crippen LogP contribution in [0.2, 0.25) is 0 Å². The molecule has 8 heteroatoms. The number of amides is 1.